The maximum absolute atomic E-state index is 11.5. The molecule has 90 valence electrons. The zero-order chi connectivity index (χ0) is 12.7. The minimum atomic E-state index is -0.0736. The zero-order valence-corrected chi connectivity index (χ0v) is 11.0. The van der Waals surface area contributed by atoms with Crippen LogP contribution in [0.4, 0.5) is 5.69 Å². The lowest BCUT2D eigenvalue weighted by Gasteiger charge is -2.07. The Morgan fingerprint density at radius 3 is 3.00 bits per heavy atom. The second kappa shape index (κ2) is 7.23. The zero-order valence-electron chi connectivity index (χ0n) is 9.42. The van der Waals surface area contributed by atoms with Gasteiger partial charge in [-0.3, -0.25) is 4.79 Å². The van der Waals surface area contributed by atoms with Crippen LogP contribution in [0.5, 0.6) is 0 Å². The van der Waals surface area contributed by atoms with Gasteiger partial charge >= 0.3 is 0 Å². The molecule has 0 aliphatic heterocycles. The van der Waals surface area contributed by atoms with E-state index in [0.29, 0.717) is 22.0 Å². The van der Waals surface area contributed by atoms with Crippen molar-refractivity contribution in [2.24, 2.45) is 5.73 Å². The van der Waals surface area contributed by atoms with Crippen LogP contribution in [-0.2, 0) is 4.79 Å². The van der Waals surface area contributed by atoms with E-state index in [0.717, 1.165) is 0 Å². The topological polar surface area (TPSA) is 55.1 Å². The number of rotatable bonds is 3. The van der Waals surface area contributed by atoms with Crippen molar-refractivity contribution >= 4 is 35.0 Å². The van der Waals surface area contributed by atoms with Gasteiger partial charge in [-0.15, -0.1) is 0 Å². The summed E-state index contributed by atoms with van der Waals surface area (Å²) < 4.78 is 0. The van der Waals surface area contributed by atoms with Crippen LogP contribution in [0.3, 0.4) is 0 Å². The van der Waals surface area contributed by atoms with Crippen LogP contribution in [0, 0.1) is 11.8 Å². The van der Waals surface area contributed by atoms with Gasteiger partial charge in [-0.1, -0.05) is 23.4 Å². The van der Waals surface area contributed by atoms with Crippen molar-refractivity contribution in [2.75, 3.05) is 23.9 Å². The van der Waals surface area contributed by atoms with Crippen LogP contribution in [0.1, 0.15) is 5.56 Å². The van der Waals surface area contributed by atoms with E-state index >= 15 is 0 Å². The number of amides is 1. The molecule has 5 heteroatoms. The summed E-state index contributed by atoms with van der Waals surface area (Å²) >= 11 is 7.34. The van der Waals surface area contributed by atoms with Crippen LogP contribution in [0.25, 0.3) is 0 Å². The molecule has 3 nitrogen and oxygen atoms in total. The molecule has 0 spiro atoms. The fraction of sp³-hybridized carbons (Fsp3) is 0.250. The molecule has 0 radical (unpaired) electrons. The summed E-state index contributed by atoms with van der Waals surface area (Å²) in [6.07, 6.45) is 1.87. The van der Waals surface area contributed by atoms with Crippen LogP contribution >= 0.6 is 23.4 Å². The smallest absolute Gasteiger partial charge is 0.234 e. The first-order chi connectivity index (χ1) is 8.17. The minimum absolute atomic E-state index is 0.0736. The summed E-state index contributed by atoms with van der Waals surface area (Å²) in [6.45, 7) is 0.279. The standard InChI is InChI=1S/C12H13ClN2OS/c1-17-8-12(16)15-11-7-10(13)5-4-9(11)3-2-6-14/h4-5,7H,6,8,14H2,1H3,(H,15,16). The van der Waals surface area contributed by atoms with E-state index in [4.69, 9.17) is 17.3 Å². The number of hydrogen-bond acceptors (Lipinski definition) is 3. The highest BCUT2D eigenvalue weighted by Crippen LogP contribution is 2.20. The lowest BCUT2D eigenvalue weighted by Crippen LogP contribution is -2.14. The van der Waals surface area contributed by atoms with E-state index in [1.165, 1.54) is 11.8 Å². The Balaban J connectivity index is 2.94. The molecule has 0 aromatic heterocycles. The lowest BCUT2D eigenvalue weighted by molar-refractivity contribution is -0.113. The Kier molecular flexibility index (Phi) is 5.92. The molecule has 1 rings (SSSR count). The van der Waals surface area contributed by atoms with Gasteiger partial charge in [-0.05, 0) is 24.5 Å². The third-order valence-electron chi connectivity index (χ3n) is 1.86. The Hall–Kier alpha value is -1.15. The molecule has 0 unspecified atom stereocenters. The third-order valence-corrected chi connectivity index (χ3v) is 2.64. The lowest BCUT2D eigenvalue weighted by atomic mass is 10.2. The minimum Gasteiger partial charge on any atom is -0.324 e. The van der Waals surface area contributed by atoms with Gasteiger partial charge in [-0.25, -0.2) is 0 Å². The molecule has 0 fully saturated rings. The molecule has 0 atom stereocenters. The maximum Gasteiger partial charge on any atom is 0.234 e. The van der Waals surface area contributed by atoms with E-state index in [1.54, 1.807) is 18.2 Å². The van der Waals surface area contributed by atoms with Crippen molar-refractivity contribution in [3.05, 3.63) is 28.8 Å². The SMILES string of the molecule is CSCC(=O)Nc1cc(Cl)ccc1C#CCN. The number of thioether (sulfide) groups is 1. The Morgan fingerprint density at radius 2 is 2.35 bits per heavy atom. The number of nitrogens with two attached hydrogens (primary N) is 1. The second-order valence-electron chi connectivity index (χ2n) is 3.18. The van der Waals surface area contributed by atoms with Gasteiger partial charge in [0.1, 0.15) is 0 Å². The summed E-state index contributed by atoms with van der Waals surface area (Å²) in [7, 11) is 0. The van der Waals surface area contributed by atoms with Crippen LogP contribution in [0.15, 0.2) is 18.2 Å². The average molecular weight is 269 g/mol. The molecule has 0 saturated carbocycles. The van der Waals surface area contributed by atoms with E-state index in [9.17, 15) is 4.79 Å². The number of benzene rings is 1. The first-order valence-corrected chi connectivity index (χ1v) is 6.72. The van der Waals surface area contributed by atoms with E-state index < -0.39 is 0 Å². The van der Waals surface area contributed by atoms with E-state index in [1.807, 2.05) is 6.26 Å². The van der Waals surface area contributed by atoms with Gasteiger partial charge in [-0.2, -0.15) is 11.8 Å². The highest BCUT2D eigenvalue weighted by atomic mass is 35.5. The molecular weight excluding hydrogens is 256 g/mol. The summed E-state index contributed by atoms with van der Waals surface area (Å²) in [4.78, 5) is 11.5. The summed E-state index contributed by atoms with van der Waals surface area (Å²) in [5, 5.41) is 3.33. The molecule has 0 bridgehead atoms. The summed E-state index contributed by atoms with van der Waals surface area (Å²) in [5.41, 5.74) is 6.65. The number of hydrogen-bond donors (Lipinski definition) is 2. The maximum atomic E-state index is 11.5. The van der Waals surface area contributed by atoms with Gasteiger partial charge in [0.15, 0.2) is 0 Å². The van der Waals surface area contributed by atoms with Gasteiger partial charge < -0.3 is 11.1 Å². The van der Waals surface area contributed by atoms with Gasteiger partial charge in [0.05, 0.1) is 18.0 Å². The van der Waals surface area contributed by atoms with Crippen LogP contribution in [-0.4, -0.2) is 24.5 Å². The molecule has 0 aliphatic carbocycles. The molecular formula is C12H13ClN2OS. The van der Waals surface area contributed by atoms with Crippen molar-refractivity contribution in [1.82, 2.24) is 0 Å². The van der Waals surface area contributed by atoms with E-state index in [-0.39, 0.29) is 12.5 Å². The first kappa shape index (κ1) is 13.9. The van der Waals surface area contributed by atoms with Crippen molar-refractivity contribution in [1.29, 1.82) is 0 Å². The Morgan fingerprint density at radius 1 is 1.59 bits per heavy atom. The fourth-order valence-corrected chi connectivity index (χ4v) is 1.70. The van der Waals surface area contributed by atoms with Gasteiger partial charge in [0, 0.05) is 10.6 Å². The summed E-state index contributed by atoms with van der Waals surface area (Å²) in [5.74, 6) is 5.97. The number of carbonyl (C=O) groups excluding carboxylic acids is 1. The highest BCUT2D eigenvalue weighted by molar-refractivity contribution is 7.99. The van der Waals surface area contributed by atoms with Crippen molar-refractivity contribution in [2.45, 2.75) is 0 Å². The predicted molar refractivity (Wildman–Crippen MR) is 74.4 cm³/mol. The normalized spacial score (nSPS) is 9.35. The Labute approximate surface area is 110 Å². The van der Waals surface area contributed by atoms with E-state index in [2.05, 4.69) is 17.2 Å². The Bertz CT molecular complexity index is 465. The molecule has 0 saturated heterocycles. The molecule has 17 heavy (non-hydrogen) atoms. The van der Waals surface area contributed by atoms with Gasteiger partial charge in [0.2, 0.25) is 5.91 Å². The summed E-state index contributed by atoms with van der Waals surface area (Å²) in [6, 6.07) is 5.17. The van der Waals surface area contributed by atoms with Crippen molar-refractivity contribution in [3.8, 4) is 11.8 Å². The third kappa shape index (κ3) is 4.70. The first-order valence-electron chi connectivity index (χ1n) is 4.94. The highest BCUT2D eigenvalue weighted by Gasteiger charge is 2.05. The number of halogens is 1. The molecule has 0 aliphatic rings. The molecule has 1 aromatic carbocycles. The molecule has 3 N–H and O–H groups in total. The van der Waals surface area contributed by atoms with Crippen molar-refractivity contribution < 1.29 is 4.79 Å². The number of anilines is 1. The molecule has 1 aromatic rings. The van der Waals surface area contributed by atoms with Gasteiger partial charge in [0.25, 0.3) is 0 Å². The second-order valence-corrected chi connectivity index (χ2v) is 4.48. The predicted octanol–water partition coefficient (Wildman–Crippen LogP) is 1.95. The quantitative estimate of drug-likeness (QED) is 0.824. The monoisotopic (exact) mass is 268 g/mol. The van der Waals surface area contributed by atoms with Crippen LogP contribution < -0.4 is 11.1 Å². The molecule has 1 amide bonds. The van der Waals surface area contributed by atoms with Crippen LogP contribution in [0.2, 0.25) is 5.02 Å². The van der Waals surface area contributed by atoms with Crippen molar-refractivity contribution in [3.63, 3.8) is 0 Å². The largest absolute Gasteiger partial charge is 0.324 e. The fourth-order valence-electron chi connectivity index (χ4n) is 1.19. The molecule has 0 heterocycles. The number of carbonyl (C=O) groups is 1. The number of nitrogens with one attached hydrogen (secondary N) is 1. The average Bonchev–Trinajstić information content (AvgIpc) is 2.28.